The summed E-state index contributed by atoms with van der Waals surface area (Å²) >= 11 is 1.30. The van der Waals surface area contributed by atoms with E-state index in [1.165, 1.54) is 24.0 Å². The van der Waals surface area contributed by atoms with Crippen molar-refractivity contribution in [3.05, 3.63) is 36.4 Å². The largest absolute Gasteiger partial charge is 0.507 e. The number of phenolic OH excluding ortho intramolecular Hbond substituents is 1. The normalized spacial score (nSPS) is 27.7. The smallest absolute Gasteiger partial charge is 0.187 e. The lowest BCUT2D eigenvalue weighted by atomic mass is 9.82. The first-order chi connectivity index (χ1) is 16.6. The van der Waals surface area contributed by atoms with Crippen molar-refractivity contribution in [1.29, 1.82) is 0 Å². The van der Waals surface area contributed by atoms with E-state index in [2.05, 4.69) is 37.4 Å². The Morgan fingerprint density at radius 2 is 1.97 bits per heavy atom. The molecule has 0 unspecified atom stereocenters. The van der Waals surface area contributed by atoms with Crippen LogP contribution < -0.4 is 10.2 Å². The third-order valence-corrected chi connectivity index (χ3v) is 7.78. The van der Waals surface area contributed by atoms with Crippen molar-refractivity contribution in [2.24, 2.45) is 0 Å². The number of halogens is 2. The maximum Gasteiger partial charge on any atom is 0.187 e. The summed E-state index contributed by atoms with van der Waals surface area (Å²) in [6.45, 7) is 4.08. The molecule has 0 spiro atoms. The number of rotatable bonds is 5. The predicted molar refractivity (Wildman–Crippen MR) is 131 cm³/mol. The second-order valence-corrected chi connectivity index (χ2v) is 10.6. The lowest BCUT2D eigenvalue weighted by Crippen LogP contribution is -2.65. The minimum atomic E-state index is -1.06. The van der Waals surface area contributed by atoms with E-state index >= 15 is 4.39 Å². The van der Waals surface area contributed by atoms with Crippen LogP contribution in [-0.2, 0) is 0 Å². The number of aromatic nitrogens is 5. The SMILES string of the molecule is CSc1ncc(F)c(-c2ccc(-c3ncc(N(C)[C@@H]4C[C@@]5(C)CC[C@](C)(N5)[C@@H]4F)nn3)c(O)c2)n1. The minimum absolute atomic E-state index is 0.0984. The Morgan fingerprint density at radius 1 is 1.17 bits per heavy atom. The standard InChI is InChI=1S/C24H27F2N7OS/c1-23-7-8-24(2,32-23)20(26)16(10-23)33(3)18-12-27-21(31-30-18)14-6-5-13(9-17(14)34)19-15(25)11-28-22(29-19)35-4/h5-6,9,11-12,16,20,32,34H,7-8,10H2,1-4H3/t16-,20-,23-,24+/m1/s1. The Labute approximate surface area is 206 Å². The topological polar surface area (TPSA) is 100.0 Å². The molecule has 3 aromatic rings. The number of alkyl halides is 1. The highest BCUT2D eigenvalue weighted by Crippen LogP contribution is 2.45. The summed E-state index contributed by atoms with van der Waals surface area (Å²) in [5.74, 6) is -0.0480. The number of nitrogens with one attached hydrogen (secondary N) is 1. The average molecular weight is 500 g/mol. The molecule has 5 rings (SSSR count). The molecule has 0 aliphatic carbocycles. The first-order valence-corrected chi connectivity index (χ1v) is 12.6. The molecule has 184 valence electrons. The molecule has 2 aromatic heterocycles. The highest BCUT2D eigenvalue weighted by atomic mass is 32.2. The van der Waals surface area contributed by atoms with E-state index < -0.39 is 17.5 Å². The van der Waals surface area contributed by atoms with Crippen molar-refractivity contribution < 1.29 is 13.9 Å². The summed E-state index contributed by atoms with van der Waals surface area (Å²) in [5.41, 5.74) is 0.187. The van der Waals surface area contributed by atoms with Crippen molar-refractivity contribution in [1.82, 2.24) is 30.5 Å². The quantitative estimate of drug-likeness (QED) is 0.398. The molecule has 2 N–H and O–H groups in total. The van der Waals surface area contributed by atoms with Gasteiger partial charge in [-0.15, -0.1) is 10.2 Å². The van der Waals surface area contributed by atoms with E-state index in [0.29, 0.717) is 28.5 Å². The fraction of sp³-hybridized carbons (Fsp3) is 0.458. The number of hydrogen-bond acceptors (Lipinski definition) is 9. The molecule has 2 bridgehead atoms. The van der Waals surface area contributed by atoms with Crippen LogP contribution in [0.3, 0.4) is 0 Å². The summed E-state index contributed by atoms with van der Waals surface area (Å²) in [5, 5.41) is 23.0. The van der Waals surface area contributed by atoms with Crippen LogP contribution in [0.2, 0.25) is 0 Å². The van der Waals surface area contributed by atoms with Gasteiger partial charge in [0.2, 0.25) is 0 Å². The van der Waals surface area contributed by atoms with Gasteiger partial charge in [-0.05, 0) is 51.5 Å². The van der Waals surface area contributed by atoms with Gasteiger partial charge < -0.3 is 15.3 Å². The molecular weight excluding hydrogens is 472 g/mol. The maximum atomic E-state index is 15.4. The zero-order valence-electron chi connectivity index (χ0n) is 20.0. The molecule has 0 amide bonds. The third kappa shape index (κ3) is 4.20. The molecule has 2 aliphatic heterocycles. The summed E-state index contributed by atoms with van der Waals surface area (Å²) < 4.78 is 29.7. The van der Waals surface area contributed by atoms with E-state index in [1.54, 1.807) is 23.3 Å². The van der Waals surface area contributed by atoms with Gasteiger partial charge >= 0.3 is 0 Å². The zero-order valence-corrected chi connectivity index (χ0v) is 20.8. The zero-order chi connectivity index (χ0) is 25.0. The van der Waals surface area contributed by atoms with Gasteiger partial charge in [-0.25, -0.2) is 23.7 Å². The highest BCUT2D eigenvalue weighted by molar-refractivity contribution is 7.98. The molecule has 4 atom stereocenters. The van der Waals surface area contributed by atoms with Crippen LogP contribution in [-0.4, -0.2) is 66.9 Å². The van der Waals surface area contributed by atoms with Crippen molar-refractivity contribution in [3.63, 3.8) is 0 Å². The van der Waals surface area contributed by atoms with Crippen LogP contribution in [0, 0.1) is 5.82 Å². The molecule has 4 heterocycles. The van der Waals surface area contributed by atoms with Gasteiger partial charge in [-0.2, -0.15) is 0 Å². The number of piperidine rings is 1. The van der Waals surface area contributed by atoms with Crippen molar-refractivity contribution in [2.45, 2.75) is 61.6 Å². The van der Waals surface area contributed by atoms with Gasteiger partial charge in [-0.3, -0.25) is 0 Å². The molecule has 1 aromatic carbocycles. The van der Waals surface area contributed by atoms with Crippen LogP contribution in [0.25, 0.3) is 22.6 Å². The van der Waals surface area contributed by atoms with E-state index in [1.807, 2.05) is 14.0 Å². The predicted octanol–water partition coefficient (Wildman–Crippen LogP) is 4.01. The van der Waals surface area contributed by atoms with Crippen LogP contribution in [0.4, 0.5) is 14.6 Å². The molecule has 2 fully saturated rings. The van der Waals surface area contributed by atoms with Crippen molar-refractivity contribution in [3.8, 4) is 28.4 Å². The monoisotopic (exact) mass is 499 g/mol. The van der Waals surface area contributed by atoms with Gasteiger partial charge in [0, 0.05) is 23.7 Å². The maximum absolute atomic E-state index is 15.4. The van der Waals surface area contributed by atoms with Gasteiger partial charge in [0.1, 0.15) is 17.6 Å². The number of anilines is 1. The third-order valence-electron chi connectivity index (χ3n) is 7.21. The van der Waals surface area contributed by atoms with Crippen LogP contribution in [0.1, 0.15) is 33.1 Å². The fourth-order valence-corrected chi connectivity index (χ4v) is 5.62. The molecule has 35 heavy (non-hydrogen) atoms. The van der Waals surface area contributed by atoms with Crippen LogP contribution in [0.5, 0.6) is 5.75 Å². The van der Waals surface area contributed by atoms with Crippen LogP contribution in [0.15, 0.2) is 35.7 Å². The molecule has 2 aliphatic rings. The van der Waals surface area contributed by atoms with Crippen molar-refractivity contribution in [2.75, 3.05) is 18.2 Å². The van der Waals surface area contributed by atoms with Gasteiger partial charge in [0.05, 0.1) is 24.0 Å². The number of nitrogens with zero attached hydrogens (tertiary/aromatic N) is 6. The molecule has 8 nitrogen and oxygen atoms in total. The van der Waals surface area contributed by atoms with E-state index in [0.717, 1.165) is 19.0 Å². The van der Waals surface area contributed by atoms with E-state index in [-0.39, 0.29) is 28.8 Å². The summed E-state index contributed by atoms with van der Waals surface area (Å²) in [6, 6.07) is 4.29. The Kier molecular flexibility index (Phi) is 5.87. The first-order valence-electron chi connectivity index (χ1n) is 11.4. The van der Waals surface area contributed by atoms with Crippen LogP contribution >= 0.6 is 11.8 Å². The number of hydrogen-bond donors (Lipinski definition) is 2. The Hall–Kier alpha value is -2.92. The average Bonchev–Trinajstić information content (AvgIpc) is 3.13. The number of aromatic hydroxyl groups is 1. The molecule has 2 saturated heterocycles. The molecule has 0 radical (unpaired) electrons. The minimum Gasteiger partial charge on any atom is -0.507 e. The molecule has 11 heteroatoms. The van der Waals surface area contributed by atoms with Crippen molar-refractivity contribution >= 4 is 17.6 Å². The van der Waals surface area contributed by atoms with Gasteiger partial charge in [-0.1, -0.05) is 17.8 Å². The van der Waals surface area contributed by atoms with Gasteiger partial charge in [0.15, 0.2) is 22.6 Å². The lowest BCUT2D eigenvalue weighted by molar-refractivity contribution is 0.0859. The summed E-state index contributed by atoms with van der Waals surface area (Å²) in [6.07, 6.45) is 5.77. The first kappa shape index (κ1) is 23.8. The second kappa shape index (κ2) is 8.63. The number of fused-ring (bicyclic) bond motifs is 2. The molecule has 0 saturated carbocycles. The Morgan fingerprint density at radius 3 is 2.66 bits per heavy atom. The number of phenols is 1. The van der Waals surface area contributed by atoms with Gasteiger partial charge in [0.25, 0.3) is 0 Å². The second-order valence-electron chi connectivity index (χ2n) is 9.81. The summed E-state index contributed by atoms with van der Waals surface area (Å²) in [4.78, 5) is 14.3. The van der Waals surface area contributed by atoms with E-state index in [9.17, 15) is 9.50 Å². The fourth-order valence-electron chi connectivity index (χ4n) is 5.28. The Balaban J connectivity index is 1.38. The number of benzene rings is 1. The van der Waals surface area contributed by atoms with E-state index in [4.69, 9.17) is 0 Å². The number of thioether (sulfide) groups is 1. The highest BCUT2D eigenvalue weighted by Gasteiger charge is 2.56. The summed E-state index contributed by atoms with van der Waals surface area (Å²) in [7, 11) is 1.81. The molecular formula is C24H27F2N7OS. The lowest BCUT2D eigenvalue weighted by Gasteiger charge is -2.47. The Bertz CT molecular complexity index is 1260.